The summed E-state index contributed by atoms with van der Waals surface area (Å²) in [6, 6.07) is 12.7. The number of halogens is 1. The maximum atomic E-state index is 12.0. The molecule has 0 bridgehead atoms. The number of carbonyl (C=O) groups excluding carboxylic acids is 2. The molecule has 124 valence electrons. The maximum absolute atomic E-state index is 12.0. The summed E-state index contributed by atoms with van der Waals surface area (Å²) in [6.45, 7) is -0.331. The Morgan fingerprint density at radius 1 is 1.17 bits per heavy atom. The van der Waals surface area contributed by atoms with Crippen molar-refractivity contribution in [3.63, 3.8) is 0 Å². The summed E-state index contributed by atoms with van der Waals surface area (Å²) in [7, 11) is 0. The number of rotatable bonds is 6. The van der Waals surface area contributed by atoms with E-state index in [-0.39, 0.29) is 17.2 Å². The van der Waals surface area contributed by atoms with Crippen LogP contribution in [0.5, 0.6) is 0 Å². The van der Waals surface area contributed by atoms with E-state index in [0.29, 0.717) is 0 Å². The van der Waals surface area contributed by atoms with Gasteiger partial charge in [0, 0.05) is 11.1 Å². The van der Waals surface area contributed by atoms with E-state index in [4.69, 9.17) is 16.3 Å². The lowest BCUT2D eigenvalue weighted by molar-refractivity contribution is -0.385. The molecule has 0 unspecified atom stereocenters. The molecular weight excluding hydrogens is 336 g/mol. The molecule has 7 nitrogen and oxygen atoms in total. The highest BCUT2D eigenvalue weighted by molar-refractivity contribution is 6.31. The second-order valence-electron chi connectivity index (χ2n) is 4.75. The Labute approximate surface area is 142 Å². The van der Waals surface area contributed by atoms with Crippen LogP contribution in [0.15, 0.2) is 48.5 Å². The predicted molar refractivity (Wildman–Crippen MR) is 86.7 cm³/mol. The van der Waals surface area contributed by atoms with Crippen LogP contribution >= 0.6 is 11.6 Å². The summed E-state index contributed by atoms with van der Waals surface area (Å²) < 4.78 is 5.00. The maximum Gasteiger partial charge on any atom is 0.325 e. The zero-order valence-corrected chi connectivity index (χ0v) is 13.2. The molecule has 0 aromatic heterocycles. The van der Waals surface area contributed by atoms with Gasteiger partial charge in [-0.05, 0) is 17.7 Å². The quantitative estimate of drug-likeness (QED) is 0.491. The number of nitrogens with zero attached hydrogens (tertiary/aromatic N) is 1. The van der Waals surface area contributed by atoms with Crippen molar-refractivity contribution in [2.45, 2.75) is 6.61 Å². The zero-order valence-electron chi connectivity index (χ0n) is 12.4. The van der Waals surface area contributed by atoms with E-state index in [1.54, 1.807) is 12.1 Å². The van der Waals surface area contributed by atoms with Gasteiger partial charge in [0.1, 0.15) is 18.7 Å². The lowest BCUT2D eigenvalue weighted by Crippen LogP contribution is -2.31. The largest absolute Gasteiger partial charge is 0.460 e. The van der Waals surface area contributed by atoms with Crippen LogP contribution in [0.4, 0.5) is 5.69 Å². The number of nitro benzene ring substituents is 1. The lowest BCUT2D eigenvalue weighted by atomic mass is 10.1. The van der Waals surface area contributed by atoms with E-state index in [1.165, 1.54) is 12.1 Å². The number of nitrogens with one attached hydrogen (secondary N) is 1. The average molecular weight is 349 g/mol. The molecule has 1 N–H and O–H groups in total. The Morgan fingerprint density at radius 3 is 2.54 bits per heavy atom. The minimum atomic E-state index is -0.777. The highest BCUT2D eigenvalue weighted by Gasteiger charge is 2.21. The molecule has 2 aromatic carbocycles. The second-order valence-corrected chi connectivity index (χ2v) is 5.18. The van der Waals surface area contributed by atoms with Gasteiger partial charge < -0.3 is 10.1 Å². The minimum Gasteiger partial charge on any atom is -0.460 e. The normalized spacial score (nSPS) is 10.0. The van der Waals surface area contributed by atoms with Crippen LogP contribution in [-0.2, 0) is 16.1 Å². The number of hydrogen-bond acceptors (Lipinski definition) is 5. The molecule has 0 atom stereocenters. The molecule has 0 aliphatic carbocycles. The molecule has 0 radical (unpaired) electrons. The monoisotopic (exact) mass is 348 g/mol. The van der Waals surface area contributed by atoms with E-state index >= 15 is 0 Å². The first-order valence-electron chi connectivity index (χ1n) is 6.89. The highest BCUT2D eigenvalue weighted by Crippen LogP contribution is 2.22. The topological polar surface area (TPSA) is 98.5 Å². The molecule has 24 heavy (non-hydrogen) atoms. The Hall–Kier alpha value is -2.93. The fraction of sp³-hybridized carbons (Fsp3) is 0.125. The van der Waals surface area contributed by atoms with Gasteiger partial charge in [0.15, 0.2) is 0 Å². The molecule has 0 heterocycles. The molecule has 0 aliphatic rings. The molecule has 2 aromatic rings. The summed E-state index contributed by atoms with van der Waals surface area (Å²) in [5, 5.41) is 13.4. The van der Waals surface area contributed by atoms with Crippen molar-refractivity contribution in [2.24, 2.45) is 0 Å². The minimum absolute atomic E-state index is 0.0762. The summed E-state index contributed by atoms with van der Waals surface area (Å²) in [5.41, 5.74) is 0.195. The smallest absolute Gasteiger partial charge is 0.325 e. The summed E-state index contributed by atoms with van der Waals surface area (Å²) in [5.74, 6) is -1.43. The number of hydrogen-bond donors (Lipinski definition) is 1. The molecule has 2 rings (SSSR count). The van der Waals surface area contributed by atoms with Crippen molar-refractivity contribution in [3.05, 3.63) is 74.8 Å². The molecule has 0 saturated carbocycles. The lowest BCUT2D eigenvalue weighted by Gasteiger charge is -2.07. The molecule has 0 fully saturated rings. The van der Waals surface area contributed by atoms with Crippen molar-refractivity contribution < 1.29 is 19.2 Å². The van der Waals surface area contributed by atoms with Gasteiger partial charge in [-0.3, -0.25) is 19.7 Å². The third kappa shape index (κ3) is 4.79. The van der Waals surface area contributed by atoms with Gasteiger partial charge in [-0.15, -0.1) is 0 Å². The number of nitro groups is 1. The van der Waals surface area contributed by atoms with Gasteiger partial charge in [0.2, 0.25) is 0 Å². The summed E-state index contributed by atoms with van der Waals surface area (Å²) >= 11 is 5.75. The number of amides is 1. The van der Waals surface area contributed by atoms with Crippen LogP contribution in [0.2, 0.25) is 5.02 Å². The van der Waals surface area contributed by atoms with E-state index in [9.17, 15) is 19.7 Å². The van der Waals surface area contributed by atoms with E-state index < -0.39 is 29.0 Å². The van der Waals surface area contributed by atoms with Crippen LogP contribution in [0.1, 0.15) is 15.9 Å². The number of ether oxygens (including phenoxy) is 1. The second kappa shape index (κ2) is 8.07. The van der Waals surface area contributed by atoms with Gasteiger partial charge in [0.25, 0.3) is 11.6 Å². The van der Waals surface area contributed by atoms with Gasteiger partial charge in [-0.1, -0.05) is 41.9 Å². The SMILES string of the molecule is O=C(CNC(=O)c1cc(Cl)ccc1[N+](=O)[O-])OCc1ccccc1. The summed E-state index contributed by atoms with van der Waals surface area (Å²) in [4.78, 5) is 33.9. The predicted octanol–water partition coefficient (Wildman–Crippen LogP) is 2.72. The van der Waals surface area contributed by atoms with Gasteiger partial charge in [-0.2, -0.15) is 0 Å². The van der Waals surface area contributed by atoms with Crippen LogP contribution in [-0.4, -0.2) is 23.3 Å². The van der Waals surface area contributed by atoms with E-state index in [0.717, 1.165) is 11.6 Å². The fourth-order valence-electron chi connectivity index (χ4n) is 1.89. The molecule has 0 aliphatic heterocycles. The summed E-state index contributed by atoms with van der Waals surface area (Å²) in [6.07, 6.45) is 0. The van der Waals surface area contributed by atoms with Gasteiger partial charge in [-0.25, -0.2) is 0 Å². The van der Waals surface area contributed by atoms with E-state index in [2.05, 4.69) is 5.32 Å². The molecule has 0 saturated heterocycles. The zero-order chi connectivity index (χ0) is 17.5. The van der Waals surface area contributed by atoms with Crippen LogP contribution in [0.25, 0.3) is 0 Å². The Bertz CT molecular complexity index is 764. The van der Waals surface area contributed by atoms with Gasteiger partial charge in [0.05, 0.1) is 4.92 Å². The van der Waals surface area contributed by atoms with E-state index in [1.807, 2.05) is 18.2 Å². The Kier molecular flexibility index (Phi) is 5.86. The first kappa shape index (κ1) is 17.4. The third-order valence-electron chi connectivity index (χ3n) is 3.04. The molecule has 1 amide bonds. The Morgan fingerprint density at radius 2 is 1.88 bits per heavy atom. The fourth-order valence-corrected chi connectivity index (χ4v) is 2.06. The average Bonchev–Trinajstić information content (AvgIpc) is 2.58. The first-order valence-corrected chi connectivity index (χ1v) is 7.27. The van der Waals surface area contributed by atoms with Crippen LogP contribution in [0, 0.1) is 10.1 Å². The third-order valence-corrected chi connectivity index (χ3v) is 3.27. The number of esters is 1. The van der Waals surface area contributed by atoms with Crippen LogP contribution in [0.3, 0.4) is 0 Å². The van der Waals surface area contributed by atoms with Gasteiger partial charge >= 0.3 is 5.97 Å². The van der Waals surface area contributed by atoms with Crippen LogP contribution < -0.4 is 5.32 Å². The van der Waals surface area contributed by atoms with Crippen molar-refractivity contribution >= 4 is 29.2 Å². The number of benzene rings is 2. The van der Waals surface area contributed by atoms with Crippen molar-refractivity contribution in [2.75, 3.05) is 6.54 Å². The Balaban J connectivity index is 1.92. The first-order chi connectivity index (χ1) is 11.5. The number of carbonyl (C=O) groups is 2. The van der Waals surface area contributed by atoms with Crippen molar-refractivity contribution in [1.29, 1.82) is 0 Å². The van der Waals surface area contributed by atoms with Crippen molar-refractivity contribution in [3.8, 4) is 0 Å². The molecule has 8 heteroatoms. The molecule has 0 spiro atoms. The molecular formula is C16H13ClN2O5. The van der Waals surface area contributed by atoms with Crippen molar-refractivity contribution in [1.82, 2.24) is 5.32 Å². The highest BCUT2D eigenvalue weighted by atomic mass is 35.5. The standard InChI is InChI=1S/C16H13ClN2O5/c17-12-6-7-14(19(22)23)13(8-12)16(21)18-9-15(20)24-10-11-4-2-1-3-5-11/h1-8H,9-10H2,(H,18,21).